The molecule has 116 valence electrons. The summed E-state index contributed by atoms with van der Waals surface area (Å²) in [6, 6.07) is 4.13. The summed E-state index contributed by atoms with van der Waals surface area (Å²) in [6.07, 6.45) is 8.06. The summed E-state index contributed by atoms with van der Waals surface area (Å²) in [7, 11) is -1.26. The minimum Gasteiger partial charge on any atom is -0.399 e. The van der Waals surface area contributed by atoms with E-state index < -0.39 is 16.6 Å². The predicted octanol–water partition coefficient (Wildman–Crippen LogP) is 3.40. The molecule has 1 saturated heterocycles. The third-order valence-corrected chi connectivity index (χ3v) is 6.03. The molecule has 1 saturated carbocycles. The van der Waals surface area contributed by atoms with Crippen molar-refractivity contribution in [1.29, 1.82) is 0 Å². The van der Waals surface area contributed by atoms with E-state index in [1.54, 1.807) is 6.07 Å². The first-order valence-corrected chi connectivity index (χ1v) is 9.01. The molecular weight excluding hydrogens is 289 g/mol. The fourth-order valence-electron chi connectivity index (χ4n) is 3.56. The van der Waals surface area contributed by atoms with Crippen molar-refractivity contribution in [2.24, 2.45) is 0 Å². The number of nitrogen functional groups attached to an aromatic ring is 1. The molecule has 3 nitrogen and oxygen atoms in total. The van der Waals surface area contributed by atoms with Crippen molar-refractivity contribution in [3.05, 3.63) is 24.0 Å². The van der Waals surface area contributed by atoms with E-state index >= 15 is 0 Å². The first-order chi connectivity index (χ1) is 10.1. The molecule has 1 heterocycles. The summed E-state index contributed by atoms with van der Waals surface area (Å²) >= 11 is 0. The fraction of sp³-hybridized carbons (Fsp3) is 0.625. The molecule has 5 heteroatoms. The first kappa shape index (κ1) is 15.0. The summed E-state index contributed by atoms with van der Waals surface area (Å²) in [5, 5.41) is 0. The highest BCUT2D eigenvalue weighted by molar-refractivity contribution is 7.85. The van der Waals surface area contributed by atoms with Crippen LogP contribution >= 0.6 is 0 Å². The van der Waals surface area contributed by atoms with Gasteiger partial charge >= 0.3 is 0 Å². The summed E-state index contributed by atoms with van der Waals surface area (Å²) in [5.74, 6) is -0.000541. The Balaban J connectivity index is 1.63. The lowest BCUT2D eigenvalue weighted by Gasteiger charge is -2.33. The van der Waals surface area contributed by atoms with Gasteiger partial charge in [0.1, 0.15) is 5.82 Å². The Morgan fingerprint density at radius 2 is 2.00 bits per heavy atom. The summed E-state index contributed by atoms with van der Waals surface area (Å²) < 4.78 is 32.0. The van der Waals surface area contributed by atoms with Crippen molar-refractivity contribution in [2.45, 2.75) is 61.5 Å². The molecule has 1 aliphatic carbocycles. The Kier molecular flexibility index (Phi) is 4.31. The van der Waals surface area contributed by atoms with Crippen LogP contribution in [0.1, 0.15) is 44.9 Å². The molecule has 1 aromatic carbocycles. The van der Waals surface area contributed by atoms with Gasteiger partial charge in [-0.3, -0.25) is 4.21 Å². The monoisotopic (exact) mass is 311 g/mol. The van der Waals surface area contributed by atoms with E-state index in [0.29, 0.717) is 16.3 Å². The highest BCUT2D eigenvalue weighted by Gasteiger charge is 2.41. The van der Waals surface area contributed by atoms with Gasteiger partial charge in [-0.1, -0.05) is 19.3 Å². The van der Waals surface area contributed by atoms with Gasteiger partial charge in [0.2, 0.25) is 0 Å². The van der Waals surface area contributed by atoms with Crippen LogP contribution in [0.4, 0.5) is 10.1 Å². The summed E-state index contributed by atoms with van der Waals surface area (Å²) in [6.45, 7) is 0. The van der Waals surface area contributed by atoms with Gasteiger partial charge in [-0.2, -0.15) is 0 Å². The average molecular weight is 311 g/mol. The maximum Gasteiger partial charge on any atom is 0.126 e. The second kappa shape index (κ2) is 6.05. The minimum atomic E-state index is -1.26. The molecule has 2 atom stereocenters. The van der Waals surface area contributed by atoms with Crippen molar-refractivity contribution in [1.82, 2.24) is 0 Å². The van der Waals surface area contributed by atoms with Gasteiger partial charge in [-0.05, 0) is 43.9 Å². The van der Waals surface area contributed by atoms with Crippen LogP contribution in [0.25, 0.3) is 0 Å². The summed E-state index contributed by atoms with van der Waals surface area (Å²) in [4.78, 5) is 0.459. The van der Waals surface area contributed by atoms with Crippen LogP contribution < -0.4 is 5.73 Å². The Morgan fingerprint density at radius 1 is 1.24 bits per heavy atom. The van der Waals surface area contributed by atoms with E-state index in [1.807, 2.05) is 0 Å². The lowest BCUT2D eigenvalue weighted by molar-refractivity contribution is -0.0557. The van der Waals surface area contributed by atoms with Gasteiger partial charge in [0.25, 0.3) is 0 Å². The molecule has 2 aliphatic rings. The van der Waals surface area contributed by atoms with E-state index in [0.717, 1.165) is 25.7 Å². The Bertz CT molecular complexity index is 523. The number of halogens is 1. The van der Waals surface area contributed by atoms with Crippen LogP contribution in [0.15, 0.2) is 23.1 Å². The maximum absolute atomic E-state index is 13.3. The van der Waals surface area contributed by atoms with Crippen LogP contribution in [0.5, 0.6) is 0 Å². The van der Waals surface area contributed by atoms with Crippen LogP contribution in [-0.4, -0.2) is 21.7 Å². The molecule has 2 fully saturated rings. The molecule has 1 aliphatic heterocycles. The SMILES string of the molecule is Nc1cc(F)cc(S(=O)CC2CCC3(CCCCC3)O2)c1. The first-order valence-electron chi connectivity index (χ1n) is 7.69. The maximum atomic E-state index is 13.3. The van der Waals surface area contributed by atoms with Crippen molar-refractivity contribution >= 4 is 16.5 Å². The topological polar surface area (TPSA) is 52.3 Å². The molecule has 21 heavy (non-hydrogen) atoms. The van der Waals surface area contributed by atoms with Crippen molar-refractivity contribution in [2.75, 3.05) is 11.5 Å². The summed E-state index contributed by atoms with van der Waals surface area (Å²) in [5.41, 5.74) is 5.96. The lowest BCUT2D eigenvalue weighted by Crippen LogP contribution is -2.32. The number of hydrogen-bond acceptors (Lipinski definition) is 3. The minimum absolute atomic E-state index is 0.0217. The molecule has 1 aromatic rings. The van der Waals surface area contributed by atoms with Gasteiger partial charge in [-0.25, -0.2) is 4.39 Å². The number of anilines is 1. The molecule has 2 N–H and O–H groups in total. The number of benzene rings is 1. The van der Waals surface area contributed by atoms with Crippen molar-refractivity contribution < 1.29 is 13.3 Å². The van der Waals surface area contributed by atoms with Crippen LogP contribution in [-0.2, 0) is 15.5 Å². The number of rotatable bonds is 3. The molecule has 2 unspecified atom stereocenters. The van der Waals surface area contributed by atoms with Gasteiger partial charge in [0.05, 0.1) is 28.3 Å². The smallest absolute Gasteiger partial charge is 0.126 e. The molecule has 0 amide bonds. The van der Waals surface area contributed by atoms with Crippen LogP contribution in [0, 0.1) is 5.82 Å². The predicted molar refractivity (Wildman–Crippen MR) is 82.0 cm³/mol. The number of nitrogens with two attached hydrogens (primary N) is 1. The van der Waals surface area contributed by atoms with Gasteiger partial charge in [-0.15, -0.1) is 0 Å². The molecule has 0 radical (unpaired) electrons. The molecular formula is C16H22FNO2S. The van der Waals surface area contributed by atoms with Crippen LogP contribution in [0.2, 0.25) is 0 Å². The second-order valence-corrected chi connectivity index (χ2v) is 7.75. The second-order valence-electron chi connectivity index (χ2n) is 6.25. The highest BCUT2D eigenvalue weighted by Crippen LogP contribution is 2.42. The zero-order chi connectivity index (χ0) is 14.9. The zero-order valence-electron chi connectivity index (χ0n) is 12.1. The van der Waals surface area contributed by atoms with Gasteiger partial charge < -0.3 is 10.5 Å². The lowest BCUT2D eigenvalue weighted by atomic mass is 9.83. The normalized spacial score (nSPS) is 26.0. The van der Waals surface area contributed by atoms with Gasteiger partial charge in [0.15, 0.2) is 0 Å². The van der Waals surface area contributed by atoms with E-state index in [9.17, 15) is 8.60 Å². The van der Waals surface area contributed by atoms with E-state index in [-0.39, 0.29) is 11.7 Å². The average Bonchev–Trinajstić information content (AvgIpc) is 2.81. The molecule has 3 rings (SSSR count). The Labute approximate surface area is 127 Å². The number of hydrogen-bond donors (Lipinski definition) is 1. The number of ether oxygens (including phenoxy) is 1. The highest BCUT2D eigenvalue weighted by atomic mass is 32.2. The van der Waals surface area contributed by atoms with Crippen molar-refractivity contribution in [3.8, 4) is 0 Å². The Morgan fingerprint density at radius 3 is 2.71 bits per heavy atom. The van der Waals surface area contributed by atoms with Crippen LogP contribution in [0.3, 0.4) is 0 Å². The van der Waals surface area contributed by atoms with E-state index in [2.05, 4.69) is 0 Å². The third kappa shape index (κ3) is 3.46. The third-order valence-electron chi connectivity index (χ3n) is 4.60. The molecule has 1 spiro atoms. The molecule has 0 bridgehead atoms. The van der Waals surface area contributed by atoms with E-state index in [4.69, 9.17) is 10.5 Å². The largest absolute Gasteiger partial charge is 0.399 e. The fourth-order valence-corrected chi connectivity index (χ4v) is 4.83. The molecule has 0 aromatic heterocycles. The van der Waals surface area contributed by atoms with Crippen molar-refractivity contribution in [3.63, 3.8) is 0 Å². The zero-order valence-corrected chi connectivity index (χ0v) is 13.0. The van der Waals surface area contributed by atoms with Gasteiger partial charge in [0, 0.05) is 10.6 Å². The van der Waals surface area contributed by atoms with E-state index in [1.165, 1.54) is 31.4 Å². The quantitative estimate of drug-likeness (QED) is 0.871. The Hall–Kier alpha value is -0.940. The standard InChI is InChI=1S/C16H22FNO2S/c17-12-8-13(18)10-15(9-12)21(19)11-14-4-7-16(20-14)5-2-1-3-6-16/h8-10,14H,1-7,11,18H2.